The van der Waals surface area contributed by atoms with Crippen LogP contribution < -0.4 is 11.3 Å². The second kappa shape index (κ2) is 17.3. The number of hydrazine groups is 1. The van der Waals surface area contributed by atoms with E-state index in [1.807, 2.05) is 47.8 Å². The van der Waals surface area contributed by atoms with Crippen LogP contribution in [0.15, 0.2) is 89.6 Å². The molecule has 9 heteroatoms. The van der Waals surface area contributed by atoms with Gasteiger partial charge in [0.2, 0.25) is 5.78 Å². The number of aromatic amines is 1. The number of thiophene rings is 2. The van der Waals surface area contributed by atoms with Crippen molar-refractivity contribution in [3.63, 3.8) is 0 Å². The second-order valence-electron chi connectivity index (χ2n) is 7.00. The summed E-state index contributed by atoms with van der Waals surface area (Å²) in [7, 11) is 1.65. The SMILES string of the molecule is C.C.CNN.Clc1ccc(-c2cc(-c3cccs3)[nH]n2)cc1.O=C(C#Cc1cccs1)c1ccc(Cl)cc1. The van der Waals surface area contributed by atoms with Gasteiger partial charge in [-0.1, -0.05) is 62.3 Å². The average molecular weight is 586 g/mol. The first kappa shape index (κ1) is 32.8. The summed E-state index contributed by atoms with van der Waals surface area (Å²) in [4.78, 5) is 13.7. The van der Waals surface area contributed by atoms with Crippen LogP contribution in [0.4, 0.5) is 0 Å². The van der Waals surface area contributed by atoms with Crippen LogP contribution in [0.2, 0.25) is 10.0 Å². The molecule has 0 fully saturated rings. The summed E-state index contributed by atoms with van der Waals surface area (Å²) in [5, 5.41) is 12.7. The Morgan fingerprint density at radius 3 is 2.05 bits per heavy atom. The summed E-state index contributed by atoms with van der Waals surface area (Å²) < 4.78 is 0. The first-order valence-electron chi connectivity index (χ1n) is 10.6. The number of halogens is 2. The van der Waals surface area contributed by atoms with Crippen LogP contribution in [0.3, 0.4) is 0 Å². The average Bonchev–Trinajstić information content (AvgIpc) is 3.67. The Morgan fingerprint density at radius 2 is 1.50 bits per heavy atom. The fraction of sp³-hybridized carbons (Fsp3) is 0.103. The van der Waals surface area contributed by atoms with Gasteiger partial charge in [-0.3, -0.25) is 21.2 Å². The minimum absolute atomic E-state index is 0. The number of nitrogens with two attached hydrogens (primary N) is 1. The third kappa shape index (κ3) is 10.3. The van der Waals surface area contributed by atoms with Gasteiger partial charge >= 0.3 is 0 Å². The zero-order valence-corrected chi connectivity index (χ0v) is 22.3. The summed E-state index contributed by atoms with van der Waals surface area (Å²) in [6.45, 7) is 0. The molecule has 0 saturated heterocycles. The highest BCUT2D eigenvalue weighted by Gasteiger charge is 2.06. The maximum atomic E-state index is 11.6. The molecule has 38 heavy (non-hydrogen) atoms. The van der Waals surface area contributed by atoms with E-state index < -0.39 is 0 Å². The zero-order valence-electron chi connectivity index (χ0n) is 19.2. The van der Waals surface area contributed by atoms with E-state index in [0.29, 0.717) is 10.6 Å². The standard InChI is InChI=1S/C13H9ClN2S.C13H7ClOS.CH6N2.2CH4/c14-10-5-3-9(4-6-10)11-8-12(16-15-11)13-2-1-7-17-13;14-11-5-3-10(4-6-11)13(15)8-7-12-2-1-9-16-12;1-3-2;;/h1-8H,(H,15,16);1-6,9H;3H,2H2,1H3;2*1H4. The van der Waals surface area contributed by atoms with Crippen molar-refractivity contribution < 1.29 is 4.79 Å². The molecule has 0 unspecified atom stereocenters. The predicted molar refractivity (Wildman–Crippen MR) is 166 cm³/mol. The summed E-state index contributed by atoms with van der Waals surface area (Å²) in [6.07, 6.45) is 0. The molecule has 0 amide bonds. The first-order valence-corrected chi connectivity index (χ1v) is 13.1. The Kier molecular flexibility index (Phi) is 15.0. The van der Waals surface area contributed by atoms with Crippen molar-refractivity contribution in [2.45, 2.75) is 14.9 Å². The highest BCUT2D eigenvalue weighted by atomic mass is 35.5. The molecule has 5 nitrogen and oxygen atoms in total. The van der Waals surface area contributed by atoms with E-state index in [1.165, 1.54) is 16.2 Å². The predicted octanol–water partition coefficient (Wildman–Crippen LogP) is 8.45. The first-order chi connectivity index (χ1) is 17.5. The van der Waals surface area contributed by atoms with Crippen LogP contribution in [0.5, 0.6) is 0 Å². The lowest BCUT2D eigenvalue weighted by molar-refractivity contribution is 0.105. The molecule has 3 heterocycles. The molecular formula is C29H30Cl2N4OS2. The molecule has 0 aliphatic carbocycles. The highest BCUT2D eigenvalue weighted by molar-refractivity contribution is 7.13. The molecule has 0 aliphatic heterocycles. The van der Waals surface area contributed by atoms with Crippen LogP contribution in [-0.4, -0.2) is 23.0 Å². The normalized spacial score (nSPS) is 9.16. The number of benzene rings is 2. The number of H-pyrrole nitrogens is 1. The van der Waals surface area contributed by atoms with Gasteiger partial charge in [-0.05, 0) is 84.2 Å². The summed E-state index contributed by atoms with van der Waals surface area (Å²) in [5.74, 6) is 9.83. The van der Waals surface area contributed by atoms with Gasteiger partial charge in [0.25, 0.3) is 0 Å². The van der Waals surface area contributed by atoms with E-state index in [4.69, 9.17) is 23.2 Å². The molecule has 0 spiro atoms. The van der Waals surface area contributed by atoms with Crippen LogP contribution in [-0.2, 0) is 0 Å². The van der Waals surface area contributed by atoms with Crippen LogP contribution >= 0.6 is 45.9 Å². The van der Waals surface area contributed by atoms with Gasteiger partial charge in [0.15, 0.2) is 0 Å². The fourth-order valence-electron chi connectivity index (χ4n) is 2.79. The summed E-state index contributed by atoms with van der Waals surface area (Å²) in [6, 6.07) is 24.3. The minimum atomic E-state index is -0.190. The largest absolute Gasteiger partial charge is 0.279 e. The Labute approximate surface area is 242 Å². The van der Waals surface area contributed by atoms with Crippen molar-refractivity contribution in [1.29, 1.82) is 0 Å². The molecule has 5 aromatic rings. The van der Waals surface area contributed by atoms with Crippen molar-refractivity contribution in [2.75, 3.05) is 7.05 Å². The van der Waals surface area contributed by atoms with E-state index in [9.17, 15) is 4.79 Å². The van der Waals surface area contributed by atoms with E-state index in [-0.39, 0.29) is 20.6 Å². The van der Waals surface area contributed by atoms with E-state index in [1.54, 1.807) is 42.6 Å². The van der Waals surface area contributed by atoms with Gasteiger partial charge in [-0.25, -0.2) is 0 Å². The smallest absolute Gasteiger partial charge is 0.236 e. The molecule has 5 rings (SSSR count). The molecule has 198 valence electrons. The van der Waals surface area contributed by atoms with Gasteiger partial charge in [-0.15, -0.1) is 22.7 Å². The number of aromatic nitrogens is 2. The van der Waals surface area contributed by atoms with E-state index in [2.05, 4.69) is 50.8 Å². The summed E-state index contributed by atoms with van der Waals surface area (Å²) in [5.41, 5.74) is 5.86. The van der Waals surface area contributed by atoms with Crippen molar-refractivity contribution in [3.8, 4) is 33.7 Å². The Bertz CT molecular complexity index is 1400. The monoisotopic (exact) mass is 584 g/mol. The zero-order chi connectivity index (χ0) is 25.8. The maximum Gasteiger partial charge on any atom is 0.236 e. The Morgan fingerprint density at radius 1 is 0.921 bits per heavy atom. The molecule has 0 bridgehead atoms. The number of ketones is 1. The van der Waals surface area contributed by atoms with E-state index in [0.717, 1.165) is 26.9 Å². The number of nitrogens with zero attached hydrogens (tertiary/aromatic N) is 1. The van der Waals surface area contributed by atoms with Crippen molar-refractivity contribution in [2.24, 2.45) is 5.84 Å². The number of hydrogen-bond acceptors (Lipinski definition) is 6. The van der Waals surface area contributed by atoms with E-state index >= 15 is 0 Å². The molecule has 0 aliphatic rings. The van der Waals surface area contributed by atoms with Gasteiger partial charge in [0, 0.05) is 21.2 Å². The number of nitrogens with one attached hydrogen (secondary N) is 2. The lowest BCUT2D eigenvalue weighted by Gasteiger charge is -1.94. The van der Waals surface area contributed by atoms with Crippen LogP contribution in [0.1, 0.15) is 30.1 Å². The van der Waals surface area contributed by atoms with Gasteiger partial charge in [-0.2, -0.15) is 5.10 Å². The molecule has 0 saturated carbocycles. The highest BCUT2D eigenvalue weighted by Crippen LogP contribution is 2.27. The molecule has 0 radical (unpaired) electrons. The lowest BCUT2D eigenvalue weighted by Crippen LogP contribution is -2.13. The van der Waals surface area contributed by atoms with Gasteiger partial charge in [0.1, 0.15) is 0 Å². The summed E-state index contributed by atoms with van der Waals surface area (Å²) >= 11 is 14.8. The minimum Gasteiger partial charge on any atom is -0.279 e. The lowest BCUT2D eigenvalue weighted by atomic mass is 10.1. The maximum absolute atomic E-state index is 11.6. The molecular weight excluding hydrogens is 555 g/mol. The van der Waals surface area contributed by atoms with Crippen LogP contribution in [0, 0.1) is 11.8 Å². The number of rotatable bonds is 3. The second-order valence-corrected chi connectivity index (χ2v) is 9.77. The fourth-order valence-corrected chi connectivity index (χ4v) is 4.30. The number of carbonyl (C=O) groups is 1. The van der Waals surface area contributed by atoms with Crippen molar-refractivity contribution in [1.82, 2.24) is 15.6 Å². The molecule has 0 atom stereocenters. The number of carbonyl (C=O) groups excluding carboxylic acids is 1. The number of Topliss-reactive ketones (excluding diaryl/α,β-unsaturated/α-hetero) is 1. The molecule has 3 aromatic heterocycles. The Balaban J connectivity index is 0.000000330. The third-order valence-corrected chi connectivity index (χ3v) is 6.62. The van der Waals surface area contributed by atoms with Gasteiger partial charge < -0.3 is 0 Å². The van der Waals surface area contributed by atoms with Gasteiger partial charge in [0.05, 0.1) is 21.1 Å². The Hall–Kier alpha value is -3.22. The molecule has 2 aromatic carbocycles. The molecule has 4 N–H and O–H groups in total. The van der Waals surface area contributed by atoms with Crippen molar-refractivity contribution in [3.05, 3.63) is 110 Å². The third-order valence-electron chi connectivity index (χ3n) is 4.43. The number of hydrogen-bond donors (Lipinski definition) is 3. The quantitative estimate of drug-likeness (QED) is 0.0859. The van der Waals surface area contributed by atoms with Crippen LogP contribution in [0.25, 0.3) is 21.8 Å². The topological polar surface area (TPSA) is 83.8 Å². The van der Waals surface area contributed by atoms with Crippen molar-refractivity contribution >= 4 is 51.7 Å².